The van der Waals surface area contributed by atoms with Crippen LogP contribution < -0.4 is 11.1 Å². The van der Waals surface area contributed by atoms with E-state index in [2.05, 4.69) is 24.3 Å². The maximum atomic E-state index is 14.3. The molecule has 1 aliphatic rings. The molecule has 21 heavy (non-hydrogen) atoms. The summed E-state index contributed by atoms with van der Waals surface area (Å²) in [5.41, 5.74) is 6.09. The Balaban J connectivity index is 2.05. The van der Waals surface area contributed by atoms with Crippen LogP contribution in [0.1, 0.15) is 31.4 Å². The number of nitrogens with zero attached hydrogens (tertiary/aromatic N) is 1. The second-order valence-electron chi connectivity index (χ2n) is 5.98. The highest BCUT2D eigenvalue weighted by atomic mass is 19.1. The quantitative estimate of drug-likeness (QED) is 0.335. The van der Waals surface area contributed by atoms with E-state index in [-0.39, 0.29) is 29.0 Å². The molecule has 4 N–H and O–H groups in total. The monoisotopic (exact) mass is 295 g/mol. The summed E-state index contributed by atoms with van der Waals surface area (Å²) in [6.07, 6.45) is 1.13. The van der Waals surface area contributed by atoms with Crippen LogP contribution in [0, 0.1) is 11.2 Å². The van der Waals surface area contributed by atoms with Gasteiger partial charge in [0.1, 0.15) is 5.82 Å². The van der Waals surface area contributed by atoms with E-state index in [0.29, 0.717) is 12.1 Å². The third-order valence-corrected chi connectivity index (χ3v) is 4.46. The minimum atomic E-state index is -0.458. The molecule has 0 heterocycles. The number of nitrogens with one attached hydrogen (secondary N) is 1. The first kappa shape index (κ1) is 15.7. The van der Waals surface area contributed by atoms with E-state index >= 15 is 0 Å². The molecule has 0 saturated heterocycles. The largest absolute Gasteiger partial charge is 0.409 e. The molecule has 1 aliphatic carbocycles. The molecule has 0 radical (unpaired) electrons. The average molecular weight is 295 g/mol. The number of halogens is 1. The first-order valence-corrected chi connectivity index (χ1v) is 6.93. The maximum Gasteiger partial charge on any atom is 0.173 e. The SMILES string of the molecule is COC1CC(NCc2cccc(/C(N)=N/O)c2F)C1(C)C. The van der Waals surface area contributed by atoms with Crippen LogP contribution in [-0.2, 0) is 11.3 Å². The first-order chi connectivity index (χ1) is 9.91. The topological polar surface area (TPSA) is 79.9 Å². The number of ether oxygens (including phenoxy) is 1. The molecule has 0 bridgehead atoms. The van der Waals surface area contributed by atoms with Gasteiger partial charge in [-0.1, -0.05) is 31.1 Å². The standard InChI is InChI=1S/C15H22FN3O2/c1-15(2)11(7-12(15)21-3)18-8-9-5-4-6-10(13(9)16)14(17)19-20/h4-6,11-12,18,20H,7-8H2,1-3H3,(H2,17,19). The van der Waals surface area contributed by atoms with Gasteiger partial charge < -0.3 is 21.0 Å². The highest BCUT2D eigenvalue weighted by Crippen LogP contribution is 2.42. The lowest BCUT2D eigenvalue weighted by Gasteiger charge is -2.51. The number of oxime groups is 1. The van der Waals surface area contributed by atoms with Gasteiger partial charge in [0.05, 0.1) is 11.7 Å². The fraction of sp³-hybridized carbons (Fsp3) is 0.533. The minimum absolute atomic E-state index is 0.0222. The predicted octanol–water partition coefficient (Wildman–Crippen LogP) is 1.82. The van der Waals surface area contributed by atoms with Gasteiger partial charge in [-0.05, 0) is 12.5 Å². The molecule has 0 amide bonds. The zero-order valence-electron chi connectivity index (χ0n) is 12.6. The highest BCUT2D eigenvalue weighted by Gasteiger charge is 2.48. The molecule has 5 nitrogen and oxygen atoms in total. The molecule has 1 aromatic carbocycles. The number of benzene rings is 1. The lowest BCUT2D eigenvalue weighted by atomic mass is 9.64. The van der Waals surface area contributed by atoms with Gasteiger partial charge in [-0.15, -0.1) is 0 Å². The lowest BCUT2D eigenvalue weighted by molar-refractivity contribution is -0.0979. The summed E-state index contributed by atoms with van der Waals surface area (Å²) < 4.78 is 19.7. The Morgan fingerprint density at radius 3 is 2.86 bits per heavy atom. The third kappa shape index (κ3) is 2.87. The van der Waals surface area contributed by atoms with Crippen molar-refractivity contribution in [2.24, 2.45) is 16.3 Å². The van der Waals surface area contributed by atoms with Crippen LogP contribution in [0.3, 0.4) is 0 Å². The number of amidine groups is 1. The zero-order chi connectivity index (χ0) is 15.6. The van der Waals surface area contributed by atoms with Gasteiger partial charge in [0.15, 0.2) is 5.84 Å². The highest BCUT2D eigenvalue weighted by molar-refractivity contribution is 5.97. The van der Waals surface area contributed by atoms with E-state index in [4.69, 9.17) is 15.7 Å². The van der Waals surface area contributed by atoms with E-state index in [0.717, 1.165) is 6.42 Å². The Bertz CT molecular complexity index is 546. The Kier molecular flexibility index (Phi) is 4.49. The van der Waals surface area contributed by atoms with Gasteiger partial charge >= 0.3 is 0 Å². The first-order valence-electron chi connectivity index (χ1n) is 6.93. The van der Waals surface area contributed by atoms with Crippen LogP contribution in [0.5, 0.6) is 0 Å². The Labute approximate surface area is 124 Å². The molecule has 2 atom stereocenters. The average Bonchev–Trinajstić information content (AvgIpc) is 2.47. The second-order valence-corrected chi connectivity index (χ2v) is 5.98. The molecule has 0 aromatic heterocycles. The lowest BCUT2D eigenvalue weighted by Crippen LogP contribution is -2.60. The van der Waals surface area contributed by atoms with E-state index < -0.39 is 5.82 Å². The van der Waals surface area contributed by atoms with Crippen molar-refractivity contribution in [2.45, 2.75) is 39.0 Å². The van der Waals surface area contributed by atoms with Crippen molar-refractivity contribution < 1.29 is 14.3 Å². The molecule has 1 saturated carbocycles. The van der Waals surface area contributed by atoms with Crippen LogP contribution in [0.2, 0.25) is 0 Å². The molecular formula is C15H22FN3O2. The molecule has 2 rings (SSSR count). The van der Waals surface area contributed by atoms with E-state index in [1.807, 2.05) is 0 Å². The number of hydrogen-bond donors (Lipinski definition) is 3. The summed E-state index contributed by atoms with van der Waals surface area (Å²) in [4.78, 5) is 0. The molecule has 1 aromatic rings. The third-order valence-electron chi connectivity index (χ3n) is 4.46. The molecular weight excluding hydrogens is 273 g/mol. The number of nitrogens with two attached hydrogens (primary N) is 1. The zero-order valence-corrected chi connectivity index (χ0v) is 12.6. The molecule has 116 valence electrons. The van der Waals surface area contributed by atoms with E-state index in [1.165, 1.54) is 6.07 Å². The van der Waals surface area contributed by atoms with Crippen molar-refractivity contribution in [3.05, 3.63) is 35.1 Å². The van der Waals surface area contributed by atoms with Gasteiger partial charge in [-0.2, -0.15) is 0 Å². The van der Waals surface area contributed by atoms with Crippen LogP contribution in [0.4, 0.5) is 4.39 Å². The van der Waals surface area contributed by atoms with Crippen LogP contribution in [0.25, 0.3) is 0 Å². The van der Waals surface area contributed by atoms with Gasteiger partial charge in [-0.25, -0.2) is 4.39 Å². The molecule has 0 spiro atoms. The smallest absolute Gasteiger partial charge is 0.173 e. The van der Waals surface area contributed by atoms with Crippen molar-refractivity contribution in [2.75, 3.05) is 7.11 Å². The summed E-state index contributed by atoms with van der Waals surface area (Å²) in [6, 6.07) is 5.14. The summed E-state index contributed by atoms with van der Waals surface area (Å²) in [5, 5.41) is 14.9. The normalized spacial score (nSPS) is 24.7. The van der Waals surface area contributed by atoms with Gasteiger partial charge in [-0.3, -0.25) is 0 Å². The molecule has 1 fully saturated rings. The van der Waals surface area contributed by atoms with Crippen molar-refractivity contribution in [3.8, 4) is 0 Å². The van der Waals surface area contributed by atoms with Crippen LogP contribution in [0.15, 0.2) is 23.4 Å². The number of hydrogen-bond acceptors (Lipinski definition) is 4. The fourth-order valence-electron chi connectivity index (χ4n) is 2.83. The Morgan fingerprint density at radius 2 is 2.29 bits per heavy atom. The van der Waals surface area contributed by atoms with Gasteiger partial charge in [0.25, 0.3) is 0 Å². The summed E-state index contributed by atoms with van der Waals surface area (Å²) >= 11 is 0. The number of methoxy groups -OCH3 is 1. The van der Waals surface area contributed by atoms with Gasteiger partial charge in [0, 0.05) is 30.7 Å². The minimum Gasteiger partial charge on any atom is -0.409 e. The summed E-state index contributed by atoms with van der Waals surface area (Å²) in [5.74, 6) is -0.682. The van der Waals surface area contributed by atoms with Crippen molar-refractivity contribution >= 4 is 5.84 Å². The fourth-order valence-corrected chi connectivity index (χ4v) is 2.83. The molecule has 0 aliphatic heterocycles. The number of rotatable bonds is 5. The predicted molar refractivity (Wildman–Crippen MR) is 78.7 cm³/mol. The van der Waals surface area contributed by atoms with E-state index in [9.17, 15) is 4.39 Å². The Morgan fingerprint density at radius 1 is 1.57 bits per heavy atom. The summed E-state index contributed by atoms with van der Waals surface area (Å²) in [6.45, 7) is 4.65. The summed E-state index contributed by atoms with van der Waals surface area (Å²) in [7, 11) is 1.71. The van der Waals surface area contributed by atoms with Crippen molar-refractivity contribution in [1.82, 2.24) is 5.32 Å². The second kappa shape index (κ2) is 5.99. The molecule has 6 heteroatoms. The maximum absolute atomic E-state index is 14.3. The van der Waals surface area contributed by atoms with Crippen molar-refractivity contribution in [1.29, 1.82) is 0 Å². The van der Waals surface area contributed by atoms with Crippen molar-refractivity contribution in [3.63, 3.8) is 0 Å². The Hall–Kier alpha value is -1.66. The van der Waals surface area contributed by atoms with Crippen LogP contribution >= 0.6 is 0 Å². The molecule has 2 unspecified atom stereocenters. The van der Waals surface area contributed by atoms with Gasteiger partial charge in [0.2, 0.25) is 0 Å². The van der Waals surface area contributed by atoms with Crippen LogP contribution in [-0.4, -0.2) is 30.3 Å². The van der Waals surface area contributed by atoms with E-state index in [1.54, 1.807) is 19.2 Å².